The second kappa shape index (κ2) is 7.94. The molecule has 0 bridgehead atoms. The SMILES string of the molecule is CCNC(=NCc1ccnc(OC)c1)NCc1ccco1. The van der Waals surface area contributed by atoms with E-state index in [4.69, 9.17) is 9.15 Å². The van der Waals surface area contributed by atoms with Gasteiger partial charge in [0.25, 0.3) is 0 Å². The van der Waals surface area contributed by atoms with Crippen molar-refractivity contribution in [1.29, 1.82) is 0 Å². The molecule has 0 saturated heterocycles. The Morgan fingerprint density at radius 1 is 1.38 bits per heavy atom. The fourth-order valence-corrected chi connectivity index (χ4v) is 1.76. The molecule has 0 saturated carbocycles. The first kappa shape index (κ1) is 14.9. The lowest BCUT2D eigenvalue weighted by molar-refractivity contribution is 0.397. The van der Waals surface area contributed by atoms with Gasteiger partial charge in [-0.2, -0.15) is 0 Å². The molecule has 0 aliphatic rings. The van der Waals surface area contributed by atoms with Gasteiger partial charge in [0.15, 0.2) is 5.96 Å². The van der Waals surface area contributed by atoms with Crippen molar-refractivity contribution in [1.82, 2.24) is 15.6 Å². The normalized spacial score (nSPS) is 11.2. The van der Waals surface area contributed by atoms with Crippen LogP contribution in [0.4, 0.5) is 0 Å². The van der Waals surface area contributed by atoms with E-state index in [1.54, 1.807) is 19.6 Å². The van der Waals surface area contributed by atoms with Crippen LogP contribution in [0.15, 0.2) is 46.1 Å². The van der Waals surface area contributed by atoms with Crippen LogP contribution in [-0.2, 0) is 13.1 Å². The van der Waals surface area contributed by atoms with E-state index < -0.39 is 0 Å². The number of hydrogen-bond acceptors (Lipinski definition) is 4. The summed E-state index contributed by atoms with van der Waals surface area (Å²) in [7, 11) is 1.60. The summed E-state index contributed by atoms with van der Waals surface area (Å²) in [6.45, 7) is 3.97. The van der Waals surface area contributed by atoms with Gasteiger partial charge in [-0.05, 0) is 30.7 Å². The lowest BCUT2D eigenvalue weighted by atomic mass is 10.3. The zero-order valence-electron chi connectivity index (χ0n) is 12.3. The Hall–Kier alpha value is -2.50. The number of aromatic nitrogens is 1. The number of guanidine groups is 1. The minimum absolute atomic E-state index is 0.548. The van der Waals surface area contributed by atoms with Gasteiger partial charge in [0.1, 0.15) is 5.76 Å². The van der Waals surface area contributed by atoms with E-state index in [0.717, 1.165) is 23.8 Å². The summed E-state index contributed by atoms with van der Waals surface area (Å²) >= 11 is 0. The summed E-state index contributed by atoms with van der Waals surface area (Å²) in [6, 6.07) is 7.58. The second-order valence-electron chi connectivity index (χ2n) is 4.33. The van der Waals surface area contributed by atoms with E-state index in [1.165, 1.54) is 0 Å². The van der Waals surface area contributed by atoms with Crippen LogP contribution >= 0.6 is 0 Å². The third kappa shape index (κ3) is 4.83. The Labute approximate surface area is 124 Å². The van der Waals surface area contributed by atoms with Crippen molar-refractivity contribution in [3.05, 3.63) is 48.0 Å². The molecule has 2 heterocycles. The highest BCUT2D eigenvalue weighted by Crippen LogP contribution is 2.09. The summed E-state index contributed by atoms with van der Waals surface area (Å²) in [6.07, 6.45) is 3.37. The number of rotatable bonds is 6. The number of aliphatic imine (C=N–C) groups is 1. The molecule has 0 spiro atoms. The molecule has 2 aromatic rings. The van der Waals surface area contributed by atoms with Gasteiger partial charge in [-0.3, -0.25) is 0 Å². The number of nitrogens with one attached hydrogen (secondary N) is 2. The molecule has 6 nitrogen and oxygen atoms in total. The fraction of sp³-hybridized carbons (Fsp3) is 0.333. The van der Waals surface area contributed by atoms with Gasteiger partial charge in [0.05, 0.1) is 26.5 Å². The fourth-order valence-electron chi connectivity index (χ4n) is 1.76. The first-order valence-electron chi connectivity index (χ1n) is 6.85. The maximum Gasteiger partial charge on any atom is 0.213 e. The van der Waals surface area contributed by atoms with Crippen LogP contribution in [0.5, 0.6) is 5.88 Å². The van der Waals surface area contributed by atoms with Crippen molar-refractivity contribution in [3.63, 3.8) is 0 Å². The zero-order valence-corrected chi connectivity index (χ0v) is 12.3. The molecule has 2 aromatic heterocycles. The van der Waals surface area contributed by atoms with Crippen LogP contribution in [-0.4, -0.2) is 24.6 Å². The van der Waals surface area contributed by atoms with E-state index in [2.05, 4.69) is 20.6 Å². The lowest BCUT2D eigenvalue weighted by Gasteiger charge is -2.10. The molecule has 2 N–H and O–H groups in total. The molecule has 0 aromatic carbocycles. The Morgan fingerprint density at radius 3 is 3.00 bits per heavy atom. The summed E-state index contributed by atoms with van der Waals surface area (Å²) in [5, 5.41) is 6.41. The number of ether oxygens (including phenoxy) is 1. The molecule has 0 unspecified atom stereocenters. The maximum atomic E-state index is 5.29. The van der Waals surface area contributed by atoms with Gasteiger partial charge in [-0.15, -0.1) is 0 Å². The number of furan rings is 1. The predicted molar refractivity (Wildman–Crippen MR) is 81.2 cm³/mol. The number of methoxy groups -OCH3 is 1. The number of pyridine rings is 1. The molecule has 0 aliphatic heterocycles. The van der Waals surface area contributed by atoms with Crippen molar-refractivity contribution in [2.75, 3.05) is 13.7 Å². The van der Waals surface area contributed by atoms with Crippen molar-refractivity contribution in [2.45, 2.75) is 20.0 Å². The van der Waals surface area contributed by atoms with Crippen molar-refractivity contribution >= 4 is 5.96 Å². The van der Waals surface area contributed by atoms with Crippen LogP contribution in [0.1, 0.15) is 18.2 Å². The molecule has 6 heteroatoms. The lowest BCUT2D eigenvalue weighted by Crippen LogP contribution is -2.36. The molecular weight excluding hydrogens is 268 g/mol. The molecule has 0 atom stereocenters. The summed E-state index contributed by atoms with van der Waals surface area (Å²) in [5.41, 5.74) is 1.04. The highest BCUT2D eigenvalue weighted by molar-refractivity contribution is 5.79. The van der Waals surface area contributed by atoms with Crippen LogP contribution in [0.3, 0.4) is 0 Å². The maximum absolute atomic E-state index is 5.29. The topological polar surface area (TPSA) is 71.7 Å². The molecule has 0 aliphatic carbocycles. The van der Waals surface area contributed by atoms with Crippen LogP contribution in [0, 0.1) is 0 Å². The molecular formula is C15H20N4O2. The highest BCUT2D eigenvalue weighted by Gasteiger charge is 2.01. The minimum atomic E-state index is 0.548. The number of hydrogen-bond donors (Lipinski definition) is 2. The summed E-state index contributed by atoms with van der Waals surface area (Å²) in [4.78, 5) is 8.61. The van der Waals surface area contributed by atoms with E-state index in [0.29, 0.717) is 19.0 Å². The smallest absolute Gasteiger partial charge is 0.213 e. The minimum Gasteiger partial charge on any atom is -0.481 e. The van der Waals surface area contributed by atoms with Gasteiger partial charge in [0, 0.05) is 18.8 Å². The van der Waals surface area contributed by atoms with Crippen molar-refractivity contribution < 1.29 is 9.15 Å². The Kier molecular flexibility index (Phi) is 5.63. The predicted octanol–water partition coefficient (Wildman–Crippen LogP) is 1.94. The first-order chi connectivity index (χ1) is 10.3. The van der Waals surface area contributed by atoms with Crippen LogP contribution in [0.25, 0.3) is 0 Å². The first-order valence-corrected chi connectivity index (χ1v) is 6.85. The average molecular weight is 288 g/mol. The summed E-state index contributed by atoms with van der Waals surface area (Å²) in [5.74, 6) is 2.20. The van der Waals surface area contributed by atoms with Crippen molar-refractivity contribution in [2.24, 2.45) is 4.99 Å². The Morgan fingerprint density at radius 2 is 2.29 bits per heavy atom. The van der Waals surface area contributed by atoms with E-state index in [9.17, 15) is 0 Å². The average Bonchev–Trinajstić information content (AvgIpc) is 3.03. The van der Waals surface area contributed by atoms with Crippen molar-refractivity contribution in [3.8, 4) is 5.88 Å². The van der Waals surface area contributed by atoms with Gasteiger partial charge >= 0.3 is 0 Å². The third-order valence-electron chi connectivity index (χ3n) is 2.78. The molecule has 21 heavy (non-hydrogen) atoms. The molecule has 112 valence electrons. The monoisotopic (exact) mass is 288 g/mol. The quantitative estimate of drug-likeness (QED) is 0.628. The number of nitrogens with zero attached hydrogens (tertiary/aromatic N) is 2. The molecule has 0 fully saturated rings. The van der Waals surface area contributed by atoms with Gasteiger partial charge in [0.2, 0.25) is 5.88 Å². The van der Waals surface area contributed by atoms with Gasteiger partial charge in [-0.1, -0.05) is 0 Å². The highest BCUT2D eigenvalue weighted by atomic mass is 16.5. The molecule has 2 rings (SSSR count). The molecule has 0 radical (unpaired) electrons. The van der Waals surface area contributed by atoms with Crippen LogP contribution < -0.4 is 15.4 Å². The van der Waals surface area contributed by atoms with Crippen LogP contribution in [0.2, 0.25) is 0 Å². The van der Waals surface area contributed by atoms with E-state index >= 15 is 0 Å². The van der Waals surface area contributed by atoms with Gasteiger partial charge in [-0.25, -0.2) is 9.98 Å². The molecule has 0 amide bonds. The largest absolute Gasteiger partial charge is 0.481 e. The Bertz CT molecular complexity index is 567. The van der Waals surface area contributed by atoms with E-state index in [-0.39, 0.29) is 0 Å². The summed E-state index contributed by atoms with van der Waals surface area (Å²) < 4.78 is 10.4. The zero-order chi connectivity index (χ0) is 14.9. The third-order valence-corrected chi connectivity index (χ3v) is 2.78. The van der Waals surface area contributed by atoms with E-state index in [1.807, 2.05) is 31.2 Å². The standard InChI is InChI=1S/C15H20N4O2/c1-3-16-15(19-11-13-5-4-8-21-13)18-10-12-6-7-17-14(9-12)20-2/h4-9H,3,10-11H2,1-2H3,(H2,16,18,19). The Balaban J connectivity index is 1.95. The second-order valence-corrected chi connectivity index (χ2v) is 4.33. The van der Waals surface area contributed by atoms with Gasteiger partial charge < -0.3 is 19.8 Å².